The molecule has 0 aliphatic carbocycles. The van der Waals surface area contributed by atoms with E-state index in [0.717, 1.165) is 12.2 Å². The van der Waals surface area contributed by atoms with E-state index in [9.17, 15) is 0 Å². The average Bonchev–Trinajstić information content (AvgIpc) is 2.30. The Morgan fingerprint density at radius 1 is 1.29 bits per heavy atom. The highest BCUT2D eigenvalue weighted by atomic mass is 16.5. The molecule has 1 N–H and O–H groups in total. The van der Waals surface area contributed by atoms with Crippen molar-refractivity contribution in [2.45, 2.75) is 39.3 Å². The summed E-state index contributed by atoms with van der Waals surface area (Å²) in [5.74, 6) is 3.58. The lowest BCUT2D eigenvalue weighted by Gasteiger charge is -2.19. The molecule has 2 atom stereocenters. The standard InChI is InChI=1S/C15H21NO/c1-5-7-12(3)16-13(4)14-8-10-15(11-9-14)17-6-2/h1,8-13,16H,6-7H2,2-4H3. The van der Waals surface area contributed by atoms with Crippen LogP contribution in [0.5, 0.6) is 5.75 Å². The van der Waals surface area contributed by atoms with E-state index in [0.29, 0.717) is 18.7 Å². The molecular formula is C15H21NO. The summed E-state index contributed by atoms with van der Waals surface area (Å²) in [6.07, 6.45) is 6.04. The molecule has 92 valence electrons. The Bertz CT molecular complexity index is 364. The van der Waals surface area contributed by atoms with Crippen LogP contribution in [0, 0.1) is 12.3 Å². The molecule has 2 unspecified atom stereocenters. The predicted octanol–water partition coefficient (Wildman–Crippen LogP) is 3.15. The summed E-state index contributed by atoms with van der Waals surface area (Å²) >= 11 is 0. The minimum Gasteiger partial charge on any atom is -0.494 e. The number of hydrogen-bond donors (Lipinski definition) is 1. The minimum absolute atomic E-state index is 0.300. The fraction of sp³-hybridized carbons (Fsp3) is 0.467. The largest absolute Gasteiger partial charge is 0.494 e. The molecule has 0 spiro atoms. The van der Waals surface area contributed by atoms with Gasteiger partial charge in [-0.3, -0.25) is 0 Å². The second-order valence-electron chi connectivity index (χ2n) is 4.20. The van der Waals surface area contributed by atoms with Gasteiger partial charge in [0.15, 0.2) is 0 Å². The van der Waals surface area contributed by atoms with Crippen molar-refractivity contribution in [1.82, 2.24) is 5.32 Å². The fourth-order valence-corrected chi connectivity index (χ4v) is 1.78. The molecule has 1 aromatic rings. The zero-order valence-electron chi connectivity index (χ0n) is 10.9. The third-order valence-electron chi connectivity index (χ3n) is 2.65. The first-order valence-electron chi connectivity index (χ1n) is 6.09. The Morgan fingerprint density at radius 2 is 1.94 bits per heavy atom. The zero-order chi connectivity index (χ0) is 12.7. The second-order valence-corrected chi connectivity index (χ2v) is 4.20. The van der Waals surface area contributed by atoms with Crippen LogP contribution in [0.1, 0.15) is 38.8 Å². The molecule has 0 radical (unpaired) electrons. The number of nitrogens with one attached hydrogen (secondary N) is 1. The first kappa shape index (κ1) is 13.6. The van der Waals surface area contributed by atoms with Crippen molar-refractivity contribution >= 4 is 0 Å². The lowest BCUT2D eigenvalue weighted by molar-refractivity contribution is 0.340. The molecule has 0 amide bonds. The average molecular weight is 231 g/mol. The van der Waals surface area contributed by atoms with Crippen LogP contribution in [0.15, 0.2) is 24.3 Å². The van der Waals surface area contributed by atoms with E-state index in [1.54, 1.807) is 0 Å². The van der Waals surface area contributed by atoms with Crippen molar-refractivity contribution < 1.29 is 4.74 Å². The monoisotopic (exact) mass is 231 g/mol. The maximum absolute atomic E-state index is 5.41. The molecule has 0 heterocycles. The van der Waals surface area contributed by atoms with Gasteiger partial charge in [0.25, 0.3) is 0 Å². The van der Waals surface area contributed by atoms with Crippen molar-refractivity contribution in [2.75, 3.05) is 6.61 Å². The van der Waals surface area contributed by atoms with Gasteiger partial charge in [-0.15, -0.1) is 12.3 Å². The number of benzene rings is 1. The maximum Gasteiger partial charge on any atom is 0.119 e. The van der Waals surface area contributed by atoms with Crippen LogP contribution in [-0.2, 0) is 0 Å². The summed E-state index contributed by atoms with van der Waals surface area (Å²) in [6, 6.07) is 8.82. The lowest BCUT2D eigenvalue weighted by atomic mass is 10.1. The van der Waals surface area contributed by atoms with E-state index in [1.165, 1.54) is 5.56 Å². The van der Waals surface area contributed by atoms with Crippen LogP contribution >= 0.6 is 0 Å². The smallest absolute Gasteiger partial charge is 0.119 e. The normalized spacial score (nSPS) is 13.8. The fourth-order valence-electron chi connectivity index (χ4n) is 1.78. The maximum atomic E-state index is 5.41. The summed E-state index contributed by atoms with van der Waals surface area (Å²) in [6.45, 7) is 6.93. The number of terminal acetylenes is 1. The van der Waals surface area contributed by atoms with Crippen molar-refractivity contribution in [3.63, 3.8) is 0 Å². The third kappa shape index (κ3) is 4.50. The van der Waals surface area contributed by atoms with Crippen LogP contribution in [0.3, 0.4) is 0 Å². The van der Waals surface area contributed by atoms with Gasteiger partial charge < -0.3 is 10.1 Å². The van der Waals surface area contributed by atoms with E-state index < -0.39 is 0 Å². The summed E-state index contributed by atoms with van der Waals surface area (Å²) in [7, 11) is 0. The molecule has 0 aliphatic rings. The van der Waals surface area contributed by atoms with Gasteiger partial charge >= 0.3 is 0 Å². The number of hydrogen-bond acceptors (Lipinski definition) is 2. The van der Waals surface area contributed by atoms with Crippen molar-refractivity contribution in [3.05, 3.63) is 29.8 Å². The molecule has 1 rings (SSSR count). The van der Waals surface area contributed by atoms with E-state index in [2.05, 4.69) is 37.2 Å². The summed E-state index contributed by atoms with van der Waals surface area (Å²) in [5.41, 5.74) is 1.25. The van der Waals surface area contributed by atoms with Gasteiger partial charge in [0.2, 0.25) is 0 Å². The third-order valence-corrected chi connectivity index (χ3v) is 2.65. The predicted molar refractivity (Wildman–Crippen MR) is 72.1 cm³/mol. The Kier molecular flexibility index (Phi) is 5.59. The SMILES string of the molecule is C#CCC(C)NC(C)c1ccc(OCC)cc1. The van der Waals surface area contributed by atoms with Crippen LogP contribution in [0.4, 0.5) is 0 Å². The molecule has 0 aromatic heterocycles. The van der Waals surface area contributed by atoms with Crippen LogP contribution < -0.4 is 10.1 Å². The molecule has 2 heteroatoms. The van der Waals surface area contributed by atoms with Gasteiger partial charge in [-0.1, -0.05) is 12.1 Å². The van der Waals surface area contributed by atoms with Gasteiger partial charge in [0.05, 0.1) is 6.61 Å². The number of ether oxygens (including phenoxy) is 1. The molecule has 0 aliphatic heterocycles. The highest BCUT2D eigenvalue weighted by Crippen LogP contribution is 2.18. The summed E-state index contributed by atoms with van der Waals surface area (Å²) in [5, 5.41) is 3.47. The first-order valence-corrected chi connectivity index (χ1v) is 6.09. The minimum atomic E-state index is 0.300. The van der Waals surface area contributed by atoms with Gasteiger partial charge in [0.1, 0.15) is 5.75 Å². The van der Waals surface area contributed by atoms with Crippen LogP contribution in [0.2, 0.25) is 0 Å². The molecule has 17 heavy (non-hydrogen) atoms. The van der Waals surface area contributed by atoms with Gasteiger partial charge in [-0.25, -0.2) is 0 Å². The van der Waals surface area contributed by atoms with Crippen LogP contribution in [-0.4, -0.2) is 12.6 Å². The second kappa shape index (κ2) is 6.98. The Morgan fingerprint density at radius 3 is 2.47 bits per heavy atom. The van der Waals surface area contributed by atoms with Gasteiger partial charge in [0, 0.05) is 18.5 Å². The summed E-state index contributed by atoms with van der Waals surface area (Å²) < 4.78 is 5.41. The van der Waals surface area contributed by atoms with Gasteiger partial charge in [-0.05, 0) is 38.5 Å². The summed E-state index contributed by atoms with van der Waals surface area (Å²) in [4.78, 5) is 0. The van der Waals surface area contributed by atoms with Crippen molar-refractivity contribution in [2.24, 2.45) is 0 Å². The Labute approximate surface area is 104 Å². The molecule has 0 saturated carbocycles. The van der Waals surface area contributed by atoms with E-state index in [-0.39, 0.29) is 0 Å². The highest BCUT2D eigenvalue weighted by molar-refractivity contribution is 5.29. The van der Waals surface area contributed by atoms with E-state index >= 15 is 0 Å². The van der Waals surface area contributed by atoms with E-state index in [4.69, 9.17) is 11.2 Å². The molecule has 0 bridgehead atoms. The van der Waals surface area contributed by atoms with E-state index in [1.807, 2.05) is 19.1 Å². The Hall–Kier alpha value is -1.46. The Balaban J connectivity index is 2.57. The van der Waals surface area contributed by atoms with Crippen molar-refractivity contribution in [1.29, 1.82) is 0 Å². The molecule has 1 aromatic carbocycles. The van der Waals surface area contributed by atoms with Crippen molar-refractivity contribution in [3.8, 4) is 18.1 Å². The molecule has 0 saturated heterocycles. The highest BCUT2D eigenvalue weighted by Gasteiger charge is 2.08. The van der Waals surface area contributed by atoms with Crippen LogP contribution in [0.25, 0.3) is 0 Å². The molecule has 2 nitrogen and oxygen atoms in total. The number of rotatable bonds is 6. The zero-order valence-corrected chi connectivity index (χ0v) is 10.9. The molecular weight excluding hydrogens is 210 g/mol. The lowest BCUT2D eigenvalue weighted by Crippen LogP contribution is -2.28. The molecule has 0 fully saturated rings. The quantitative estimate of drug-likeness (QED) is 0.759. The first-order chi connectivity index (χ1) is 8.17. The topological polar surface area (TPSA) is 21.3 Å². The van der Waals surface area contributed by atoms with Gasteiger partial charge in [-0.2, -0.15) is 0 Å².